The van der Waals surface area contributed by atoms with Crippen molar-refractivity contribution < 1.29 is 19.1 Å². The van der Waals surface area contributed by atoms with E-state index in [-0.39, 0.29) is 0 Å². The Morgan fingerprint density at radius 3 is 2.26 bits per heavy atom. The molecule has 122 valence electrons. The third kappa shape index (κ3) is 3.50. The highest BCUT2D eigenvalue weighted by Crippen LogP contribution is 2.29. The van der Waals surface area contributed by atoms with E-state index in [4.69, 9.17) is 17.0 Å². The molecule has 0 aliphatic carbocycles. The lowest BCUT2D eigenvalue weighted by Crippen LogP contribution is -2.45. The summed E-state index contributed by atoms with van der Waals surface area (Å²) < 4.78 is 9.57. The third-order valence-electron chi connectivity index (χ3n) is 3.58. The number of methoxy groups -OCH3 is 2. The maximum absolute atomic E-state index is 12.2. The molecule has 1 aliphatic heterocycles. The number of carbonyl (C=O) groups is 2. The van der Waals surface area contributed by atoms with Crippen LogP contribution in [0.2, 0.25) is 0 Å². The molecule has 1 aromatic carbocycles. The van der Waals surface area contributed by atoms with Crippen molar-refractivity contribution in [2.75, 3.05) is 14.2 Å². The molecular weight excluding hydrogens is 316 g/mol. The second kappa shape index (κ2) is 7.23. The lowest BCUT2D eigenvalue weighted by atomic mass is 9.94. The van der Waals surface area contributed by atoms with Gasteiger partial charge in [0.1, 0.15) is 0 Å². The van der Waals surface area contributed by atoms with Crippen LogP contribution in [0, 0.1) is 0 Å². The highest BCUT2D eigenvalue weighted by atomic mass is 32.1. The number of hydrogen-bond donors (Lipinski definition) is 2. The molecule has 7 heteroatoms. The van der Waals surface area contributed by atoms with Gasteiger partial charge in [-0.15, -0.1) is 0 Å². The monoisotopic (exact) mass is 334 g/mol. The van der Waals surface area contributed by atoms with Gasteiger partial charge in [0.2, 0.25) is 0 Å². The third-order valence-corrected chi connectivity index (χ3v) is 3.80. The number of allylic oxidation sites excluding steroid dienone is 1. The van der Waals surface area contributed by atoms with Gasteiger partial charge in [0.25, 0.3) is 0 Å². The number of nitrogens with one attached hydrogen (secondary N) is 2. The fraction of sp³-hybridized carbons (Fsp3) is 0.312. The van der Waals surface area contributed by atoms with Crippen LogP contribution < -0.4 is 10.6 Å². The zero-order chi connectivity index (χ0) is 17.0. The highest BCUT2D eigenvalue weighted by molar-refractivity contribution is 7.80. The van der Waals surface area contributed by atoms with Gasteiger partial charge in [-0.3, -0.25) is 0 Å². The Labute approximate surface area is 139 Å². The maximum Gasteiger partial charge on any atom is 0.337 e. The Morgan fingerprint density at radius 2 is 1.74 bits per heavy atom. The zero-order valence-corrected chi connectivity index (χ0v) is 14.0. The van der Waals surface area contributed by atoms with Crippen molar-refractivity contribution >= 4 is 29.3 Å². The number of carbonyl (C=O) groups excluding carboxylic acids is 2. The molecule has 23 heavy (non-hydrogen) atoms. The van der Waals surface area contributed by atoms with Crippen molar-refractivity contribution in [1.82, 2.24) is 10.6 Å². The molecule has 0 aromatic heterocycles. The Bertz CT molecular complexity index is 667. The SMILES string of the molecule is CCC1=C(C(=O)OC)[C@@H](c2ccc(C(=O)OC)cc2)NC(=S)N1. The van der Waals surface area contributed by atoms with Gasteiger partial charge in [0.05, 0.1) is 31.4 Å². The van der Waals surface area contributed by atoms with Crippen molar-refractivity contribution in [3.05, 3.63) is 46.7 Å². The van der Waals surface area contributed by atoms with Crippen LogP contribution in [-0.2, 0) is 14.3 Å². The number of hydrogen-bond acceptors (Lipinski definition) is 5. The first-order valence-corrected chi connectivity index (χ1v) is 7.49. The first kappa shape index (κ1) is 17.0. The van der Waals surface area contributed by atoms with Gasteiger partial charge < -0.3 is 20.1 Å². The van der Waals surface area contributed by atoms with E-state index in [1.54, 1.807) is 24.3 Å². The normalized spacial score (nSPS) is 17.2. The predicted molar refractivity (Wildman–Crippen MR) is 88.7 cm³/mol. The largest absolute Gasteiger partial charge is 0.466 e. The van der Waals surface area contributed by atoms with E-state index in [1.807, 2.05) is 6.92 Å². The molecule has 0 spiro atoms. The second-order valence-electron chi connectivity index (χ2n) is 4.88. The van der Waals surface area contributed by atoms with Crippen LogP contribution in [0.3, 0.4) is 0 Å². The molecule has 2 rings (SSSR count). The van der Waals surface area contributed by atoms with Gasteiger partial charge in [0, 0.05) is 5.70 Å². The fourth-order valence-electron chi connectivity index (χ4n) is 2.43. The topological polar surface area (TPSA) is 76.7 Å². The summed E-state index contributed by atoms with van der Waals surface area (Å²) in [5, 5.41) is 6.51. The number of benzene rings is 1. The number of ether oxygens (including phenoxy) is 2. The summed E-state index contributed by atoms with van der Waals surface area (Å²) in [5.41, 5.74) is 2.44. The summed E-state index contributed by atoms with van der Waals surface area (Å²) in [6.07, 6.45) is 0.614. The van der Waals surface area contributed by atoms with Crippen LogP contribution >= 0.6 is 12.2 Å². The summed E-state index contributed by atoms with van der Waals surface area (Å²) in [5.74, 6) is -0.838. The van der Waals surface area contributed by atoms with E-state index in [0.717, 1.165) is 11.3 Å². The lowest BCUT2D eigenvalue weighted by Gasteiger charge is -2.30. The van der Waals surface area contributed by atoms with Crippen LogP contribution in [-0.4, -0.2) is 31.3 Å². The molecule has 0 fully saturated rings. The first-order valence-electron chi connectivity index (χ1n) is 7.09. The van der Waals surface area contributed by atoms with Gasteiger partial charge in [-0.2, -0.15) is 0 Å². The van der Waals surface area contributed by atoms with Gasteiger partial charge in [-0.25, -0.2) is 9.59 Å². The van der Waals surface area contributed by atoms with E-state index in [2.05, 4.69) is 15.4 Å². The minimum Gasteiger partial charge on any atom is -0.466 e. The van der Waals surface area contributed by atoms with Gasteiger partial charge in [-0.05, 0) is 36.3 Å². The van der Waals surface area contributed by atoms with Gasteiger partial charge in [-0.1, -0.05) is 19.1 Å². The molecule has 2 N–H and O–H groups in total. The summed E-state index contributed by atoms with van der Waals surface area (Å²) in [6, 6.07) is 6.38. The Kier molecular flexibility index (Phi) is 5.33. The van der Waals surface area contributed by atoms with E-state index in [9.17, 15) is 9.59 Å². The van der Waals surface area contributed by atoms with Crippen molar-refractivity contribution in [2.24, 2.45) is 0 Å². The molecule has 1 heterocycles. The molecular formula is C16H18N2O4S. The van der Waals surface area contributed by atoms with Crippen molar-refractivity contribution in [3.63, 3.8) is 0 Å². The van der Waals surface area contributed by atoms with Crippen molar-refractivity contribution in [3.8, 4) is 0 Å². The van der Waals surface area contributed by atoms with Crippen LogP contribution in [0.5, 0.6) is 0 Å². The van der Waals surface area contributed by atoms with E-state index in [1.165, 1.54) is 14.2 Å². The summed E-state index contributed by atoms with van der Waals surface area (Å²) in [7, 11) is 2.67. The highest BCUT2D eigenvalue weighted by Gasteiger charge is 2.31. The van der Waals surface area contributed by atoms with Crippen LogP contribution in [0.15, 0.2) is 35.5 Å². The molecule has 1 aromatic rings. The molecule has 0 unspecified atom stereocenters. The summed E-state index contributed by atoms with van der Waals surface area (Å²) >= 11 is 5.21. The molecule has 1 atom stereocenters. The van der Waals surface area contributed by atoms with E-state index in [0.29, 0.717) is 22.7 Å². The average Bonchev–Trinajstić information content (AvgIpc) is 2.59. The number of rotatable bonds is 4. The van der Waals surface area contributed by atoms with Crippen LogP contribution in [0.25, 0.3) is 0 Å². The van der Waals surface area contributed by atoms with E-state index >= 15 is 0 Å². The van der Waals surface area contributed by atoms with Crippen molar-refractivity contribution in [1.29, 1.82) is 0 Å². The molecule has 0 bridgehead atoms. The average molecular weight is 334 g/mol. The van der Waals surface area contributed by atoms with Crippen LogP contribution in [0.1, 0.15) is 35.3 Å². The Hall–Kier alpha value is -2.41. The predicted octanol–water partition coefficient (Wildman–Crippen LogP) is 1.83. The van der Waals surface area contributed by atoms with Gasteiger partial charge >= 0.3 is 11.9 Å². The molecule has 1 aliphatic rings. The van der Waals surface area contributed by atoms with Gasteiger partial charge in [0.15, 0.2) is 5.11 Å². The first-order chi connectivity index (χ1) is 11.0. The molecule has 0 saturated heterocycles. The Balaban J connectivity index is 2.44. The summed E-state index contributed by atoms with van der Waals surface area (Å²) in [4.78, 5) is 23.7. The van der Waals surface area contributed by atoms with Crippen molar-refractivity contribution in [2.45, 2.75) is 19.4 Å². The van der Waals surface area contributed by atoms with E-state index < -0.39 is 18.0 Å². The zero-order valence-electron chi connectivity index (χ0n) is 13.1. The fourth-order valence-corrected chi connectivity index (χ4v) is 2.67. The smallest absolute Gasteiger partial charge is 0.337 e. The standard InChI is InChI=1S/C16H18N2O4S/c1-4-11-12(15(20)22-3)13(18-16(23)17-11)9-5-7-10(8-6-9)14(19)21-2/h5-8,13H,4H2,1-3H3,(H2,17,18,23)/t13-/m1/s1. The molecule has 0 radical (unpaired) electrons. The quantitative estimate of drug-likeness (QED) is 0.642. The lowest BCUT2D eigenvalue weighted by molar-refractivity contribution is -0.136. The Morgan fingerprint density at radius 1 is 1.13 bits per heavy atom. The molecule has 0 amide bonds. The number of thiocarbonyl (C=S) groups is 1. The second-order valence-corrected chi connectivity index (χ2v) is 5.29. The minimum absolute atomic E-state index is 0.414. The number of esters is 2. The molecule has 0 saturated carbocycles. The minimum atomic E-state index is -0.433. The van der Waals surface area contributed by atoms with Crippen LogP contribution in [0.4, 0.5) is 0 Å². The maximum atomic E-state index is 12.2. The summed E-state index contributed by atoms with van der Waals surface area (Å²) in [6.45, 7) is 1.93. The molecule has 6 nitrogen and oxygen atoms in total.